The first-order valence-corrected chi connectivity index (χ1v) is 8.57. The first kappa shape index (κ1) is 17.6. The molecule has 9 heteroatoms. The molecule has 2 N–H and O–H groups in total. The molecule has 0 saturated carbocycles. The van der Waals surface area contributed by atoms with E-state index in [-0.39, 0.29) is 18.1 Å². The van der Waals surface area contributed by atoms with E-state index in [0.717, 1.165) is 18.7 Å². The van der Waals surface area contributed by atoms with Crippen LogP contribution in [0.5, 0.6) is 0 Å². The van der Waals surface area contributed by atoms with Gasteiger partial charge in [-0.1, -0.05) is 12.1 Å². The molecule has 25 heavy (non-hydrogen) atoms. The van der Waals surface area contributed by atoms with Crippen LogP contribution in [0.3, 0.4) is 0 Å². The Morgan fingerprint density at radius 2 is 2.40 bits per heavy atom. The molecule has 0 unspecified atom stereocenters. The molecular weight excluding hydrogens is 324 g/mol. The number of amides is 1. The van der Waals surface area contributed by atoms with Crippen LogP contribution in [0.25, 0.3) is 0 Å². The molecule has 136 valence electrons. The van der Waals surface area contributed by atoms with E-state index in [4.69, 9.17) is 9.26 Å². The number of carbonyl (C=O) groups is 1. The zero-order valence-corrected chi connectivity index (χ0v) is 14.8. The summed E-state index contributed by atoms with van der Waals surface area (Å²) in [6.07, 6.45) is 1.63. The van der Waals surface area contributed by atoms with Crippen molar-refractivity contribution in [1.29, 1.82) is 0 Å². The number of carbonyl (C=O) groups excluding carboxylic acids is 1. The molecule has 0 radical (unpaired) electrons. The van der Waals surface area contributed by atoms with Gasteiger partial charge in [-0.05, 0) is 20.3 Å². The summed E-state index contributed by atoms with van der Waals surface area (Å²) in [5.41, 5.74) is 0. The maximum atomic E-state index is 12.4. The number of hydrogen-bond donors (Lipinski definition) is 2. The Labute approximate surface area is 146 Å². The Kier molecular flexibility index (Phi) is 5.44. The number of anilines is 1. The van der Waals surface area contributed by atoms with Crippen LogP contribution < -0.4 is 5.32 Å². The monoisotopic (exact) mass is 348 g/mol. The van der Waals surface area contributed by atoms with Crippen LogP contribution in [-0.4, -0.2) is 56.9 Å². The lowest BCUT2D eigenvalue weighted by molar-refractivity contribution is -0.124. The number of aromatic nitrogens is 4. The van der Waals surface area contributed by atoms with Gasteiger partial charge in [0, 0.05) is 25.6 Å². The number of H-pyrrole nitrogens is 1. The highest BCUT2D eigenvalue weighted by molar-refractivity contribution is 5.93. The van der Waals surface area contributed by atoms with Crippen molar-refractivity contribution in [2.75, 3.05) is 25.0 Å². The van der Waals surface area contributed by atoms with E-state index in [2.05, 4.69) is 37.5 Å². The van der Waals surface area contributed by atoms with Gasteiger partial charge in [0.15, 0.2) is 11.6 Å². The van der Waals surface area contributed by atoms with Crippen LogP contribution in [0, 0.1) is 6.92 Å². The molecule has 1 aliphatic heterocycles. The van der Waals surface area contributed by atoms with Gasteiger partial charge in [-0.15, -0.1) is 0 Å². The van der Waals surface area contributed by atoms with Crippen LogP contribution in [0.4, 0.5) is 5.82 Å². The zero-order valence-electron chi connectivity index (χ0n) is 14.8. The topological polar surface area (TPSA) is 109 Å². The van der Waals surface area contributed by atoms with Crippen molar-refractivity contribution in [2.45, 2.75) is 45.8 Å². The number of rotatable bonds is 6. The summed E-state index contributed by atoms with van der Waals surface area (Å²) in [5.74, 6) is 2.47. The van der Waals surface area contributed by atoms with Gasteiger partial charge in [0.2, 0.25) is 5.91 Å². The zero-order chi connectivity index (χ0) is 17.8. The van der Waals surface area contributed by atoms with Crippen molar-refractivity contribution in [3.8, 4) is 0 Å². The Morgan fingerprint density at radius 1 is 1.56 bits per heavy atom. The molecule has 0 spiro atoms. The summed E-state index contributed by atoms with van der Waals surface area (Å²) in [6.45, 7) is 7.51. The highest BCUT2D eigenvalue weighted by Crippen LogP contribution is 2.21. The van der Waals surface area contributed by atoms with Crippen molar-refractivity contribution in [2.24, 2.45) is 0 Å². The summed E-state index contributed by atoms with van der Waals surface area (Å²) in [6, 6.07) is 1.37. The van der Waals surface area contributed by atoms with Gasteiger partial charge >= 0.3 is 0 Å². The van der Waals surface area contributed by atoms with E-state index >= 15 is 0 Å². The minimum absolute atomic E-state index is 0.129. The normalized spacial score (nSPS) is 19.7. The van der Waals surface area contributed by atoms with Crippen molar-refractivity contribution >= 4 is 11.7 Å². The first-order valence-electron chi connectivity index (χ1n) is 8.57. The van der Waals surface area contributed by atoms with Gasteiger partial charge < -0.3 is 14.6 Å². The second-order valence-electron chi connectivity index (χ2n) is 6.23. The van der Waals surface area contributed by atoms with Crippen LogP contribution in [0.1, 0.15) is 43.8 Å². The minimum atomic E-state index is -0.322. The van der Waals surface area contributed by atoms with Gasteiger partial charge in [-0.2, -0.15) is 5.10 Å². The maximum absolute atomic E-state index is 12.4. The number of nitrogens with one attached hydrogen (secondary N) is 2. The van der Waals surface area contributed by atoms with E-state index in [0.29, 0.717) is 37.1 Å². The molecule has 2 aromatic heterocycles. The molecule has 1 aliphatic rings. The van der Waals surface area contributed by atoms with Gasteiger partial charge in [-0.25, -0.2) is 4.98 Å². The number of ether oxygens (including phenoxy) is 1. The standard InChI is InChI=1S/C16H24N6O3/c1-4-5-13-17-15(20-19-13)12-9-22(6-7-24-12)11(3)16(23)18-14-8-10(2)25-21-14/h8,11-12H,4-7,9H2,1-3H3,(H,17,19,20)(H,18,21,23)/t11-,12-/m0/s1. The first-order chi connectivity index (χ1) is 12.1. The number of aryl methyl sites for hydroxylation is 2. The fourth-order valence-corrected chi connectivity index (χ4v) is 2.80. The lowest BCUT2D eigenvalue weighted by Crippen LogP contribution is -2.48. The predicted octanol–water partition coefficient (Wildman–Crippen LogP) is 1.45. The van der Waals surface area contributed by atoms with Gasteiger partial charge in [0.05, 0.1) is 12.6 Å². The average Bonchev–Trinajstić information content (AvgIpc) is 3.24. The Morgan fingerprint density at radius 3 is 3.12 bits per heavy atom. The second kappa shape index (κ2) is 7.75. The van der Waals surface area contributed by atoms with Crippen LogP contribution in [-0.2, 0) is 16.0 Å². The summed E-state index contributed by atoms with van der Waals surface area (Å²) in [7, 11) is 0. The smallest absolute Gasteiger partial charge is 0.242 e. The van der Waals surface area contributed by atoms with Crippen molar-refractivity contribution in [3.63, 3.8) is 0 Å². The number of nitrogens with zero attached hydrogens (tertiary/aromatic N) is 4. The molecule has 1 saturated heterocycles. The molecule has 3 heterocycles. The highest BCUT2D eigenvalue weighted by atomic mass is 16.5. The summed E-state index contributed by atoms with van der Waals surface area (Å²) in [5, 5.41) is 13.8. The second-order valence-corrected chi connectivity index (χ2v) is 6.23. The lowest BCUT2D eigenvalue weighted by Gasteiger charge is -2.34. The molecule has 0 bridgehead atoms. The van der Waals surface area contributed by atoms with Gasteiger partial charge in [0.25, 0.3) is 0 Å². The molecule has 0 aromatic carbocycles. The Hall–Kier alpha value is -2.26. The number of hydrogen-bond acceptors (Lipinski definition) is 7. The summed E-state index contributed by atoms with van der Waals surface area (Å²) < 4.78 is 10.8. The highest BCUT2D eigenvalue weighted by Gasteiger charge is 2.31. The molecule has 1 fully saturated rings. The number of aromatic amines is 1. The molecule has 1 amide bonds. The number of morpholine rings is 1. The van der Waals surface area contributed by atoms with Crippen molar-refractivity contribution in [1.82, 2.24) is 25.2 Å². The van der Waals surface area contributed by atoms with Crippen molar-refractivity contribution < 1.29 is 14.1 Å². The van der Waals surface area contributed by atoms with E-state index in [9.17, 15) is 4.79 Å². The molecule has 9 nitrogen and oxygen atoms in total. The lowest BCUT2D eigenvalue weighted by atomic mass is 10.2. The van der Waals surface area contributed by atoms with E-state index in [1.165, 1.54) is 0 Å². The fourth-order valence-electron chi connectivity index (χ4n) is 2.80. The third-order valence-corrected chi connectivity index (χ3v) is 4.23. The summed E-state index contributed by atoms with van der Waals surface area (Å²) >= 11 is 0. The maximum Gasteiger partial charge on any atom is 0.242 e. The van der Waals surface area contributed by atoms with Gasteiger partial charge in [0.1, 0.15) is 17.7 Å². The molecule has 2 aromatic rings. The quantitative estimate of drug-likeness (QED) is 0.813. The van der Waals surface area contributed by atoms with Crippen LogP contribution in [0.15, 0.2) is 10.6 Å². The predicted molar refractivity (Wildman–Crippen MR) is 90.0 cm³/mol. The van der Waals surface area contributed by atoms with Crippen LogP contribution >= 0.6 is 0 Å². The van der Waals surface area contributed by atoms with E-state index in [1.807, 2.05) is 6.92 Å². The third-order valence-electron chi connectivity index (χ3n) is 4.23. The third kappa shape index (κ3) is 4.23. The summed E-state index contributed by atoms with van der Waals surface area (Å²) in [4.78, 5) is 19.0. The SMILES string of the molecule is CCCc1nc([C@@H]2CN([C@@H](C)C(=O)Nc3cc(C)on3)CCO2)n[nH]1. The molecule has 0 aliphatic carbocycles. The molecular formula is C16H24N6O3. The Balaban J connectivity index is 1.60. The van der Waals surface area contributed by atoms with E-state index in [1.54, 1.807) is 13.0 Å². The van der Waals surface area contributed by atoms with E-state index < -0.39 is 0 Å². The minimum Gasteiger partial charge on any atom is -0.367 e. The fraction of sp³-hybridized carbons (Fsp3) is 0.625. The Bertz CT molecular complexity index is 712. The van der Waals surface area contributed by atoms with Gasteiger partial charge in [-0.3, -0.25) is 14.8 Å². The molecule has 2 atom stereocenters. The van der Waals surface area contributed by atoms with Crippen molar-refractivity contribution in [3.05, 3.63) is 23.5 Å². The average molecular weight is 348 g/mol. The van der Waals surface area contributed by atoms with Crippen LogP contribution in [0.2, 0.25) is 0 Å². The molecule has 3 rings (SSSR count). The largest absolute Gasteiger partial charge is 0.367 e.